The maximum Gasteiger partial charge on any atom is 0.253 e. The molecular weight excluding hydrogens is 474 g/mol. The number of likely N-dealkylation sites (N-methyl/N-ethyl adjacent to an activating group) is 1. The molecule has 0 N–H and O–H groups in total. The molecule has 0 saturated carbocycles. The summed E-state index contributed by atoms with van der Waals surface area (Å²) in [5, 5.41) is 0. The van der Waals surface area contributed by atoms with Crippen molar-refractivity contribution < 1.29 is 14.3 Å². The fourth-order valence-electron chi connectivity index (χ4n) is 5.57. The van der Waals surface area contributed by atoms with Gasteiger partial charge in [-0.25, -0.2) is 0 Å². The Morgan fingerprint density at radius 1 is 1.03 bits per heavy atom. The van der Waals surface area contributed by atoms with Crippen molar-refractivity contribution in [3.05, 3.63) is 58.7 Å². The first kappa shape index (κ1) is 28.2. The van der Waals surface area contributed by atoms with E-state index in [1.165, 1.54) is 5.56 Å². The minimum atomic E-state index is 0.124. The largest absolute Gasteiger partial charge is 0.493 e. The number of likely N-dealkylation sites (tertiary alicyclic amines) is 1. The molecule has 38 heavy (non-hydrogen) atoms. The number of aliphatic imine (C=N–C) groups is 1. The van der Waals surface area contributed by atoms with Gasteiger partial charge in [0.15, 0.2) is 11.5 Å². The number of unbranched alkanes of at least 4 members (excludes halogenated alkanes) is 2. The number of hydrogen-bond donors (Lipinski definition) is 0. The summed E-state index contributed by atoms with van der Waals surface area (Å²) in [6.07, 6.45) is 6.21. The lowest BCUT2D eigenvalue weighted by atomic mass is 9.79. The summed E-state index contributed by atoms with van der Waals surface area (Å²) < 4.78 is 11.8. The quantitative estimate of drug-likeness (QED) is 0.337. The lowest BCUT2D eigenvalue weighted by Gasteiger charge is -2.39. The number of ether oxygens (including phenoxy) is 2. The van der Waals surface area contributed by atoms with E-state index in [2.05, 4.69) is 57.0 Å². The van der Waals surface area contributed by atoms with Crippen LogP contribution in [-0.4, -0.2) is 74.4 Å². The van der Waals surface area contributed by atoms with E-state index in [4.69, 9.17) is 14.5 Å². The molecule has 1 fully saturated rings. The fourth-order valence-corrected chi connectivity index (χ4v) is 5.57. The Balaban J connectivity index is 1.68. The SMILES string of the molecule is CCCCN(CCCC)C(=O)c1ccc(C2=N[C@H]3CCN(C)C[C@H]3c3cc(OCCC)c(OC)cc32)cc1. The van der Waals surface area contributed by atoms with E-state index in [0.29, 0.717) is 12.5 Å². The zero-order valence-electron chi connectivity index (χ0n) is 24.0. The molecule has 2 aliphatic rings. The van der Waals surface area contributed by atoms with Crippen molar-refractivity contribution in [3.63, 3.8) is 0 Å². The molecule has 0 radical (unpaired) electrons. The van der Waals surface area contributed by atoms with Crippen LogP contribution in [0.2, 0.25) is 0 Å². The van der Waals surface area contributed by atoms with E-state index < -0.39 is 0 Å². The minimum Gasteiger partial charge on any atom is -0.493 e. The number of benzene rings is 2. The van der Waals surface area contributed by atoms with Crippen molar-refractivity contribution in [1.29, 1.82) is 0 Å². The van der Waals surface area contributed by atoms with Crippen LogP contribution in [0.3, 0.4) is 0 Å². The topological polar surface area (TPSA) is 54.4 Å². The second-order valence-electron chi connectivity index (χ2n) is 10.7. The van der Waals surface area contributed by atoms with Crippen molar-refractivity contribution in [3.8, 4) is 11.5 Å². The third-order valence-corrected chi connectivity index (χ3v) is 7.78. The van der Waals surface area contributed by atoms with E-state index in [-0.39, 0.29) is 11.9 Å². The van der Waals surface area contributed by atoms with Crippen LogP contribution in [0.5, 0.6) is 11.5 Å². The molecule has 2 aromatic rings. The van der Waals surface area contributed by atoms with Crippen molar-refractivity contribution in [2.45, 2.75) is 71.3 Å². The van der Waals surface area contributed by atoms with Gasteiger partial charge in [-0.3, -0.25) is 9.79 Å². The van der Waals surface area contributed by atoms with Gasteiger partial charge in [0, 0.05) is 42.2 Å². The third-order valence-electron chi connectivity index (χ3n) is 7.78. The highest BCUT2D eigenvalue weighted by atomic mass is 16.5. The van der Waals surface area contributed by atoms with Gasteiger partial charge in [-0.2, -0.15) is 0 Å². The first-order valence-corrected chi connectivity index (χ1v) is 14.5. The van der Waals surface area contributed by atoms with Gasteiger partial charge in [0.25, 0.3) is 5.91 Å². The summed E-state index contributed by atoms with van der Waals surface area (Å²) in [5.41, 5.74) is 5.16. The van der Waals surface area contributed by atoms with E-state index in [1.807, 2.05) is 17.0 Å². The Bertz CT molecular complexity index is 1100. The van der Waals surface area contributed by atoms with Crippen LogP contribution >= 0.6 is 0 Å². The van der Waals surface area contributed by atoms with E-state index >= 15 is 0 Å². The predicted molar refractivity (Wildman–Crippen MR) is 155 cm³/mol. The summed E-state index contributed by atoms with van der Waals surface area (Å²) in [6.45, 7) is 10.8. The average Bonchev–Trinajstić information content (AvgIpc) is 2.95. The smallest absolute Gasteiger partial charge is 0.253 e. The highest BCUT2D eigenvalue weighted by Crippen LogP contribution is 2.42. The number of fused-ring (bicyclic) bond motifs is 3. The molecule has 2 atom stereocenters. The molecule has 1 amide bonds. The van der Waals surface area contributed by atoms with Crippen molar-refractivity contribution in [1.82, 2.24) is 9.80 Å². The third kappa shape index (κ3) is 6.23. The molecule has 1 saturated heterocycles. The van der Waals surface area contributed by atoms with Gasteiger partial charge in [-0.15, -0.1) is 0 Å². The summed E-state index contributed by atoms with van der Waals surface area (Å²) in [6, 6.07) is 12.6. The van der Waals surface area contributed by atoms with Crippen molar-refractivity contribution >= 4 is 11.6 Å². The molecule has 2 heterocycles. The van der Waals surface area contributed by atoms with Gasteiger partial charge in [0.1, 0.15) is 0 Å². The van der Waals surface area contributed by atoms with E-state index in [1.54, 1.807) is 7.11 Å². The normalized spacial score (nSPS) is 18.8. The lowest BCUT2D eigenvalue weighted by molar-refractivity contribution is 0.0751. The molecule has 0 unspecified atom stereocenters. The van der Waals surface area contributed by atoms with E-state index in [9.17, 15) is 4.79 Å². The predicted octanol–water partition coefficient (Wildman–Crippen LogP) is 6.17. The molecule has 4 rings (SSSR count). The molecule has 0 aliphatic carbocycles. The van der Waals surface area contributed by atoms with Gasteiger partial charge in [0.2, 0.25) is 0 Å². The fraction of sp³-hybridized carbons (Fsp3) is 0.562. The molecular formula is C32H45N3O3. The molecule has 2 aromatic carbocycles. The molecule has 2 aliphatic heterocycles. The summed E-state index contributed by atoms with van der Waals surface area (Å²) in [4.78, 5) is 23.0. The van der Waals surface area contributed by atoms with Crippen LogP contribution in [-0.2, 0) is 0 Å². The lowest BCUT2D eigenvalue weighted by Crippen LogP contribution is -2.41. The highest BCUT2D eigenvalue weighted by molar-refractivity contribution is 6.15. The van der Waals surface area contributed by atoms with Crippen LogP contribution < -0.4 is 9.47 Å². The van der Waals surface area contributed by atoms with E-state index in [0.717, 1.165) is 98.6 Å². The second-order valence-corrected chi connectivity index (χ2v) is 10.7. The Labute approximate surface area is 229 Å². The molecule has 0 bridgehead atoms. The van der Waals surface area contributed by atoms with Crippen LogP contribution in [0.1, 0.15) is 92.3 Å². The number of hydrogen-bond acceptors (Lipinski definition) is 5. The highest BCUT2D eigenvalue weighted by Gasteiger charge is 2.36. The maximum atomic E-state index is 13.3. The number of amides is 1. The first-order valence-electron chi connectivity index (χ1n) is 14.5. The van der Waals surface area contributed by atoms with Crippen LogP contribution in [0.25, 0.3) is 0 Å². The monoisotopic (exact) mass is 519 g/mol. The summed E-state index contributed by atoms with van der Waals surface area (Å²) in [7, 11) is 3.88. The zero-order chi connectivity index (χ0) is 27.1. The number of nitrogens with zero attached hydrogens (tertiary/aromatic N) is 3. The standard InChI is InChI=1S/C32H45N3O3/c1-6-9-16-35(17-10-7-2)32(36)24-13-11-23(12-14-24)31-26-21-29(37-5)30(38-19-8-3)20-25(26)27-22-34(4)18-15-28(27)33-31/h11-14,20-21,27-28H,6-10,15-19,22H2,1-5H3/t27-,28-/m0/s1. The van der Waals surface area contributed by atoms with Crippen molar-refractivity contribution in [2.75, 3.05) is 46.9 Å². The first-order chi connectivity index (χ1) is 18.5. The van der Waals surface area contributed by atoms with Crippen molar-refractivity contribution in [2.24, 2.45) is 4.99 Å². The van der Waals surface area contributed by atoms with Gasteiger partial charge in [0.05, 0.1) is 25.5 Å². The number of methoxy groups -OCH3 is 1. The van der Waals surface area contributed by atoms with Gasteiger partial charge < -0.3 is 19.3 Å². The minimum absolute atomic E-state index is 0.124. The molecule has 206 valence electrons. The number of piperidine rings is 1. The molecule has 6 heteroatoms. The zero-order valence-corrected chi connectivity index (χ0v) is 24.0. The summed E-state index contributed by atoms with van der Waals surface area (Å²) >= 11 is 0. The average molecular weight is 520 g/mol. The Morgan fingerprint density at radius 3 is 2.37 bits per heavy atom. The van der Waals surface area contributed by atoms with Gasteiger partial charge >= 0.3 is 0 Å². The number of carbonyl (C=O) groups excluding carboxylic acids is 1. The number of carbonyl (C=O) groups is 1. The van der Waals surface area contributed by atoms with Gasteiger partial charge in [-0.05, 0) is 69.1 Å². The summed E-state index contributed by atoms with van der Waals surface area (Å²) in [5.74, 6) is 2.00. The van der Waals surface area contributed by atoms with Crippen LogP contribution in [0.4, 0.5) is 0 Å². The molecule has 6 nitrogen and oxygen atoms in total. The van der Waals surface area contributed by atoms with Gasteiger partial charge in [-0.1, -0.05) is 45.7 Å². The van der Waals surface area contributed by atoms with Crippen LogP contribution in [0.15, 0.2) is 41.4 Å². The molecule has 0 spiro atoms. The van der Waals surface area contributed by atoms with Crippen LogP contribution in [0, 0.1) is 0 Å². The number of rotatable bonds is 12. The Kier molecular flexibility index (Phi) is 9.84. The molecule has 0 aromatic heterocycles. The second kappa shape index (κ2) is 13.3. The Morgan fingerprint density at radius 2 is 1.74 bits per heavy atom. The Hall–Kier alpha value is -2.86. The maximum absolute atomic E-state index is 13.3.